The van der Waals surface area contributed by atoms with Crippen molar-refractivity contribution in [1.29, 1.82) is 0 Å². The highest BCUT2D eigenvalue weighted by Gasteiger charge is 2.41. The van der Waals surface area contributed by atoms with Crippen molar-refractivity contribution in [1.82, 2.24) is 9.80 Å². The molecule has 2 amide bonds. The number of likely N-dealkylation sites (tertiary alicyclic amines) is 1. The van der Waals surface area contributed by atoms with Gasteiger partial charge in [0.2, 0.25) is 0 Å². The average molecular weight is 464 g/mol. The van der Waals surface area contributed by atoms with Gasteiger partial charge in [-0.25, -0.2) is 0 Å². The van der Waals surface area contributed by atoms with Crippen molar-refractivity contribution < 1.29 is 19.1 Å². The molecule has 5 rings (SSSR count). The van der Waals surface area contributed by atoms with Crippen LogP contribution in [0.4, 0.5) is 5.69 Å². The smallest absolute Gasteiger partial charge is 0.256 e. The number of nitrogens with zero attached hydrogens (tertiary/aromatic N) is 2. The first kappa shape index (κ1) is 22.9. The normalized spacial score (nSPS) is 21.4. The van der Waals surface area contributed by atoms with E-state index < -0.39 is 5.79 Å². The zero-order valence-electron chi connectivity index (χ0n) is 20.0. The molecule has 0 bridgehead atoms. The first-order chi connectivity index (χ1) is 16.5. The number of fused-ring (bicyclic) bond motifs is 1. The Morgan fingerprint density at radius 3 is 2.41 bits per heavy atom. The third-order valence-electron chi connectivity index (χ3n) is 7.07. The number of hydrogen-bond donors (Lipinski definition) is 1. The number of carbonyl (C=O) groups excluding carboxylic acids is 2. The minimum Gasteiger partial charge on any atom is -0.361 e. The number of hydrogen-bond acceptors (Lipinski definition) is 5. The molecular weight excluding hydrogens is 430 g/mol. The molecule has 3 aliphatic heterocycles. The highest BCUT2D eigenvalue weighted by Crippen LogP contribution is 2.35. The second-order valence-electron chi connectivity index (χ2n) is 9.79. The van der Waals surface area contributed by atoms with Crippen LogP contribution in [0.1, 0.15) is 65.6 Å². The fourth-order valence-electron chi connectivity index (χ4n) is 5.04. The summed E-state index contributed by atoms with van der Waals surface area (Å²) < 4.78 is 11.5. The van der Waals surface area contributed by atoms with Gasteiger partial charge in [-0.2, -0.15) is 0 Å². The van der Waals surface area contributed by atoms with E-state index in [0.717, 1.165) is 23.2 Å². The molecule has 2 saturated heterocycles. The van der Waals surface area contributed by atoms with Gasteiger partial charge >= 0.3 is 0 Å². The van der Waals surface area contributed by atoms with Gasteiger partial charge in [-0.3, -0.25) is 9.59 Å². The molecule has 180 valence electrons. The van der Waals surface area contributed by atoms with Crippen LogP contribution in [0.2, 0.25) is 0 Å². The first-order valence-electron chi connectivity index (χ1n) is 12.3. The van der Waals surface area contributed by atoms with Gasteiger partial charge in [0, 0.05) is 54.9 Å². The Kier molecular flexibility index (Phi) is 6.32. The molecule has 1 unspecified atom stereocenters. The summed E-state index contributed by atoms with van der Waals surface area (Å²) in [5.41, 5.74) is 3.30. The van der Waals surface area contributed by atoms with Gasteiger partial charge in [-0.15, -0.1) is 0 Å². The fourth-order valence-corrected chi connectivity index (χ4v) is 5.04. The molecule has 1 N–H and O–H groups in total. The van der Waals surface area contributed by atoms with Crippen LogP contribution in [-0.2, 0) is 9.47 Å². The van der Waals surface area contributed by atoms with Crippen molar-refractivity contribution in [3.8, 4) is 0 Å². The largest absolute Gasteiger partial charge is 0.361 e. The lowest BCUT2D eigenvalue weighted by molar-refractivity contribution is -0.181. The summed E-state index contributed by atoms with van der Waals surface area (Å²) in [6.45, 7) is 7.56. The molecule has 2 aromatic rings. The number of piperidine rings is 1. The Morgan fingerprint density at radius 2 is 1.74 bits per heavy atom. The summed E-state index contributed by atoms with van der Waals surface area (Å²) in [6.07, 6.45) is 2.14. The molecule has 3 heterocycles. The number of amides is 2. The fraction of sp³-hybridized carbons (Fsp3) is 0.481. The summed E-state index contributed by atoms with van der Waals surface area (Å²) in [6, 6.07) is 15.4. The molecule has 34 heavy (non-hydrogen) atoms. The minimum absolute atomic E-state index is 0.0272. The molecule has 2 aromatic carbocycles. The SMILES string of the molecule is CC(C)CCN1C(=O)c2ccccc2C1Nc1ccc(C(=O)N2CCC3(CC2)OCCO3)cc1. The van der Waals surface area contributed by atoms with E-state index in [1.807, 2.05) is 58.3 Å². The summed E-state index contributed by atoms with van der Waals surface area (Å²) in [5, 5.41) is 3.53. The van der Waals surface area contributed by atoms with Crippen LogP contribution >= 0.6 is 0 Å². The zero-order chi connectivity index (χ0) is 23.7. The molecular formula is C27H33N3O4. The number of anilines is 1. The van der Waals surface area contributed by atoms with Crippen molar-refractivity contribution >= 4 is 17.5 Å². The van der Waals surface area contributed by atoms with E-state index in [0.29, 0.717) is 57.2 Å². The minimum atomic E-state index is -0.485. The highest BCUT2D eigenvalue weighted by atomic mass is 16.7. The second-order valence-corrected chi connectivity index (χ2v) is 9.79. The van der Waals surface area contributed by atoms with Crippen LogP contribution in [0.15, 0.2) is 48.5 Å². The van der Waals surface area contributed by atoms with E-state index in [9.17, 15) is 9.59 Å². The van der Waals surface area contributed by atoms with Crippen LogP contribution in [0.5, 0.6) is 0 Å². The maximum Gasteiger partial charge on any atom is 0.256 e. The molecule has 1 spiro atoms. The zero-order valence-corrected chi connectivity index (χ0v) is 20.0. The molecule has 0 aliphatic carbocycles. The third-order valence-corrected chi connectivity index (χ3v) is 7.07. The van der Waals surface area contributed by atoms with Crippen LogP contribution in [0.3, 0.4) is 0 Å². The van der Waals surface area contributed by atoms with Crippen LogP contribution < -0.4 is 5.32 Å². The summed E-state index contributed by atoms with van der Waals surface area (Å²) in [4.78, 5) is 29.9. The molecule has 0 radical (unpaired) electrons. The lowest BCUT2D eigenvalue weighted by Crippen LogP contribution is -2.47. The lowest BCUT2D eigenvalue weighted by Gasteiger charge is -2.37. The Bertz CT molecular complexity index is 1040. The van der Waals surface area contributed by atoms with Crippen molar-refractivity contribution in [2.24, 2.45) is 5.92 Å². The summed E-state index contributed by atoms with van der Waals surface area (Å²) in [5.74, 6) is 0.123. The quantitative estimate of drug-likeness (QED) is 0.693. The third kappa shape index (κ3) is 4.42. The Morgan fingerprint density at radius 1 is 1.06 bits per heavy atom. The second kappa shape index (κ2) is 9.39. The number of benzene rings is 2. The van der Waals surface area contributed by atoms with Gasteiger partial charge in [0.25, 0.3) is 11.8 Å². The summed E-state index contributed by atoms with van der Waals surface area (Å²) in [7, 11) is 0. The predicted molar refractivity (Wildman–Crippen MR) is 130 cm³/mol. The average Bonchev–Trinajstić information content (AvgIpc) is 3.41. The van der Waals surface area contributed by atoms with E-state index in [2.05, 4.69) is 19.2 Å². The molecule has 2 fully saturated rings. The monoisotopic (exact) mass is 463 g/mol. The van der Waals surface area contributed by atoms with Crippen molar-refractivity contribution in [3.05, 3.63) is 65.2 Å². The Labute approximate surface area is 201 Å². The molecule has 1 atom stereocenters. The number of carbonyl (C=O) groups is 2. The van der Waals surface area contributed by atoms with E-state index in [4.69, 9.17) is 9.47 Å². The van der Waals surface area contributed by atoms with Crippen LogP contribution in [0.25, 0.3) is 0 Å². The maximum absolute atomic E-state index is 13.0. The number of nitrogens with one attached hydrogen (secondary N) is 1. The Hall–Kier alpha value is -2.90. The molecule has 0 saturated carbocycles. The van der Waals surface area contributed by atoms with Gasteiger partial charge in [0.15, 0.2) is 5.79 Å². The first-order valence-corrected chi connectivity index (χ1v) is 12.3. The number of rotatable bonds is 6. The van der Waals surface area contributed by atoms with E-state index in [1.165, 1.54) is 0 Å². The van der Waals surface area contributed by atoms with Gasteiger partial charge in [-0.05, 0) is 42.7 Å². The van der Waals surface area contributed by atoms with Gasteiger partial charge in [0.05, 0.1) is 13.2 Å². The maximum atomic E-state index is 13.0. The van der Waals surface area contributed by atoms with E-state index in [-0.39, 0.29) is 18.0 Å². The molecule has 7 heteroatoms. The molecule has 7 nitrogen and oxygen atoms in total. The van der Waals surface area contributed by atoms with Gasteiger partial charge in [-0.1, -0.05) is 32.0 Å². The predicted octanol–water partition coefficient (Wildman–Crippen LogP) is 4.28. The van der Waals surface area contributed by atoms with Crippen molar-refractivity contribution in [2.45, 2.75) is 45.1 Å². The van der Waals surface area contributed by atoms with Crippen molar-refractivity contribution in [3.63, 3.8) is 0 Å². The standard InChI is InChI=1S/C27H33N3O4/c1-19(2)11-14-30-24(22-5-3-4-6-23(22)26(30)32)28-21-9-7-20(8-10-21)25(31)29-15-12-27(13-16-29)33-17-18-34-27/h3-10,19,24,28H,11-18H2,1-2H3. The lowest BCUT2D eigenvalue weighted by atomic mass is 10.0. The number of ether oxygens (including phenoxy) is 2. The molecule has 0 aromatic heterocycles. The van der Waals surface area contributed by atoms with Crippen molar-refractivity contribution in [2.75, 3.05) is 38.2 Å². The Balaban J connectivity index is 1.26. The van der Waals surface area contributed by atoms with Crippen LogP contribution in [-0.4, -0.2) is 60.2 Å². The van der Waals surface area contributed by atoms with Gasteiger partial charge in [0.1, 0.15) is 6.17 Å². The highest BCUT2D eigenvalue weighted by molar-refractivity contribution is 5.99. The molecule has 3 aliphatic rings. The van der Waals surface area contributed by atoms with E-state index in [1.54, 1.807) is 0 Å². The van der Waals surface area contributed by atoms with E-state index >= 15 is 0 Å². The summed E-state index contributed by atoms with van der Waals surface area (Å²) >= 11 is 0. The van der Waals surface area contributed by atoms with Gasteiger partial charge < -0.3 is 24.6 Å². The topological polar surface area (TPSA) is 71.1 Å². The van der Waals surface area contributed by atoms with Crippen LogP contribution in [0, 0.1) is 5.92 Å².